The maximum absolute atomic E-state index is 9.80. The Kier molecular flexibility index (Phi) is 5.27. The Morgan fingerprint density at radius 3 is 2.76 bits per heavy atom. The fourth-order valence-corrected chi connectivity index (χ4v) is 1.92. The molecule has 0 saturated carbocycles. The number of hydrogen-bond donors (Lipinski definition) is 1. The normalized spacial score (nSPS) is 16.8. The molecule has 1 aliphatic heterocycles. The Bertz CT molecular complexity index is 459. The molecule has 2 rings (SSSR count). The summed E-state index contributed by atoms with van der Waals surface area (Å²) in [6.07, 6.45) is -0.715. The summed E-state index contributed by atoms with van der Waals surface area (Å²) in [4.78, 5) is 0. The lowest BCUT2D eigenvalue weighted by Crippen LogP contribution is -2.30. The molecule has 1 aromatic carbocycles. The van der Waals surface area contributed by atoms with Crippen LogP contribution in [0.25, 0.3) is 0 Å². The molecule has 6 nitrogen and oxygen atoms in total. The Hall–Kier alpha value is -1.50. The van der Waals surface area contributed by atoms with Crippen LogP contribution < -0.4 is 14.2 Å². The SMILES string of the molecule is COCCOCC(O)COc1cccc2c1OC(C)(C)O2. The zero-order valence-corrected chi connectivity index (χ0v) is 12.6. The van der Waals surface area contributed by atoms with Gasteiger partial charge in [-0.1, -0.05) is 6.07 Å². The first kappa shape index (κ1) is 15.9. The summed E-state index contributed by atoms with van der Waals surface area (Å²) in [5.41, 5.74) is 0. The van der Waals surface area contributed by atoms with Crippen LogP contribution in [0.2, 0.25) is 0 Å². The van der Waals surface area contributed by atoms with E-state index in [1.165, 1.54) is 0 Å². The fraction of sp³-hybridized carbons (Fsp3) is 0.600. The number of rotatable bonds is 8. The van der Waals surface area contributed by atoms with Gasteiger partial charge >= 0.3 is 0 Å². The van der Waals surface area contributed by atoms with E-state index < -0.39 is 11.9 Å². The number of benzene rings is 1. The van der Waals surface area contributed by atoms with Crippen LogP contribution in [0.3, 0.4) is 0 Å². The van der Waals surface area contributed by atoms with E-state index >= 15 is 0 Å². The van der Waals surface area contributed by atoms with E-state index in [4.69, 9.17) is 23.7 Å². The molecule has 1 atom stereocenters. The lowest BCUT2D eigenvalue weighted by atomic mass is 10.3. The minimum absolute atomic E-state index is 0.118. The maximum Gasteiger partial charge on any atom is 0.246 e. The molecule has 0 bridgehead atoms. The minimum atomic E-state index is -0.715. The third-order valence-corrected chi connectivity index (χ3v) is 2.82. The maximum atomic E-state index is 9.80. The van der Waals surface area contributed by atoms with Gasteiger partial charge in [-0.05, 0) is 12.1 Å². The number of aliphatic hydroxyl groups is 1. The molecule has 21 heavy (non-hydrogen) atoms. The van der Waals surface area contributed by atoms with Crippen molar-refractivity contribution in [2.75, 3.05) is 33.5 Å². The van der Waals surface area contributed by atoms with E-state index in [1.807, 2.05) is 26.0 Å². The van der Waals surface area contributed by atoms with Gasteiger partial charge in [-0.15, -0.1) is 0 Å². The molecule has 0 spiro atoms. The summed E-state index contributed by atoms with van der Waals surface area (Å²) >= 11 is 0. The van der Waals surface area contributed by atoms with E-state index in [0.29, 0.717) is 30.5 Å². The average molecular weight is 298 g/mol. The molecule has 1 aromatic rings. The minimum Gasteiger partial charge on any atom is -0.487 e. The van der Waals surface area contributed by atoms with E-state index in [-0.39, 0.29) is 13.2 Å². The molecule has 1 unspecified atom stereocenters. The first-order chi connectivity index (χ1) is 10.0. The fourth-order valence-electron chi connectivity index (χ4n) is 1.92. The summed E-state index contributed by atoms with van der Waals surface area (Å²) in [7, 11) is 1.60. The highest BCUT2D eigenvalue weighted by Crippen LogP contribution is 2.45. The largest absolute Gasteiger partial charge is 0.487 e. The van der Waals surface area contributed by atoms with Gasteiger partial charge in [0.15, 0.2) is 11.5 Å². The van der Waals surface area contributed by atoms with Crippen molar-refractivity contribution in [3.8, 4) is 17.2 Å². The first-order valence-corrected chi connectivity index (χ1v) is 6.90. The lowest BCUT2D eigenvalue weighted by Gasteiger charge is -2.17. The number of methoxy groups -OCH3 is 1. The first-order valence-electron chi connectivity index (χ1n) is 6.90. The highest BCUT2D eigenvalue weighted by atomic mass is 16.7. The summed E-state index contributed by atoms with van der Waals surface area (Å²) in [6.45, 7) is 4.92. The molecule has 1 N–H and O–H groups in total. The average Bonchev–Trinajstić information content (AvgIpc) is 2.75. The monoisotopic (exact) mass is 298 g/mol. The molecule has 1 heterocycles. The van der Waals surface area contributed by atoms with Gasteiger partial charge in [-0.2, -0.15) is 0 Å². The highest BCUT2D eigenvalue weighted by molar-refractivity contribution is 5.53. The van der Waals surface area contributed by atoms with Gasteiger partial charge in [-0.25, -0.2) is 0 Å². The number of fused-ring (bicyclic) bond motifs is 1. The molecule has 0 fully saturated rings. The Labute approximate surface area is 124 Å². The molecule has 0 saturated heterocycles. The van der Waals surface area contributed by atoms with Crippen molar-refractivity contribution in [1.82, 2.24) is 0 Å². The van der Waals surface area contributed by atoms with Crippen molar-refractivity contribution >= 4 is 0 Å². The number of para-hydroxylation sites is 1. The van der Waals surface area contributed by atoms with Gasteiger partial charge in [0.25, 0.3) is 0 Å². The summed E-state index contributed by atoms with van der Waals surface area (Å²) in [6, 6.07) is 5.42. The van der Waals surface area contributed by atoms with Crippen molar-refractivity contribution in [3.63, 3.8) is 0 Å². The van der Waals surface area contributed by atoms with Crippen molar-refractivity contribution in [2.24, 2.45) is 0 Å². The molecule has 0 aliphatic carbocycles. The molecule has 1 aliphatic rings. The van der Waals surface area contributed by atoms with Gasteiger partial charge in [0.1, 0.15) is 12.7 Å². The van der Waals surface area contributed by atoms with Crippen LogP contribution in [-0.4, -0.2) is 50.5 Å². The standard InChI is InChI=1S/C15H22O6/c1-15(2)20-13-6-4-5-12(14(13)21-15)19-10-11(16)9-18-8-7-17-3/h4-6,11,16H,7-10H2,1-3H3. The van der Waals surface area contributed by atoms with Crippen molar-refractivity contribution < 1.29 is 28.8 Å². The second-order valence-electron chi connectivity index (χ2n) is 5.22. The molecule has 0 amide bonds. The van der Waals surface area contributed by atoms with E-state index in [1.54, 1.807) is 13.2 Å². The van der Waals surface area contributed by atoms with Crippen LogP contribution in [-0.2, 0) is 9.47 Å². The van der Waals surface area contributed by atoms with Crippen molar-refractivity contribution in [1.29, 1.82) is 0 Å². The van der Waals surface area contributed by atoms with Crippen molar-refractivity contribution in [2.45, 2.75) is 25.7 Å². The van der Waals surface area contributed by atoms with Crippen LogP contribution in [0.15, 0.2) is 18.2 Å². The summed E-state index contributed by atoms with van der Waals surface area (Å²) in [5.74, 6) is 1.05. The van der Waals surface area contributed by atoms with Gasteiger partial charge in [0.05, 0.1) is 19.8 Å². The second-order valence-corrected chi connectivity index (χ2v) is 5.22. The topological polar surface area (TPSA) is 66.4 Å². The smallest absolute Gasteiger partial charge is 0.246 e. The van der Waals surface area contributed by atoms with Gasteiger partial charge < -0.3 is 28.8 Å². The quantitative estimate of drug-likeness (QED) is 0.735. The van der Waals surface area contributed by atoms with Crippen molar-refractivity contribution in [3.05, 3.63) is 18.2 Å². The van der Waals surface area contributed by atoms with E-state index in [2.05, 4.69) is 0 Å². The zero-order chi connectivity index (χ0) is 15.3. The highest BCUT2D eigenvalue weighted by Gasteiger charge is 2.34. The zero-order valence-electron chi connectivity index (χ0n) is 12.6. The lowest BCUT2D eigenvalue weighted by molar-refractivity contribution is -0.0448. The Balaban J connectivity index is 1.83. The Morgan fingerprint density at radius 1 is 1.19 bits per heavy atom. The van der Waals surface area contributed by atoms with Crippen LogP contribution in [0.1, 0.15) is 13.8 Å². The van der Waals surface area contributed by atoms with Crippen LogP contribution in [0.5, 0.6) is 17.2 Å². The molecular formula is C15H22O6. The number of ether oxygens (including phenoxy) is 5. The number of aliphatic hydroxyl groups excluding tert-OH is 1. The molecule has 118 valence electrons. The van der Waals surface area contributed by atoms with Crippen LogP contribution in [0.4, 0.5) is 0 Å². The third-order valence-electron chi connectivity index (χ3n) is 2.82. The molecular weight excluding hydrogens is 276 g/mol. The molecule has 0 aromatic heterocycles. The van der Waals surface area contributed by atoms with Gasteiger partial charge in [-0.3, -0.25) is 0 Å². The molecule has 6 heteroatoms. The third kappa shape index (κ3) is 4.49. The predicted octanol–water partition coefficient (Wildman–Crippen LogP) is 1.60. The number of hydrogen-bond acceptors (Lipinski definition) is 6. The van der Waals surface area contributed by atoms with E-state index in [9.17, 15) is 5.11 Å². The Morgan fingerprint density at radius 2 is 2.00 bits per heavy atom. The second kappa shape index (κ2) is 6.98. The predicted molar refractivity (Wildman–Crippen MR) is 76.0 cm³/mol. The van der Waals surface area contributed by atoms with Gasteiger partial charge in [0, 0.05) is 21.0 Å². The van der Waals surface area contributed by atoms with Gasteiger partial charge in [0.2, 0.25) is 11.5 Å². The molecule has 0 radical (unpaired) electrons. The summed E-state index contributed by atoms with van der Waals surface area (Å²) < 4.78 is 27.0. The van der Waals surface area contributed by atoms with Crippen LogP contribution in [0, 0.1) is 0 Å². The van der Waals surface area contributed by atoms with Crippen LogP contribution >= 0.6 is 0 Å². The summed E-state index contributed by atoms with van der Waals surface area (Å²) in [5, 5.41) is 9.80. The van der Waals surface area contributed by atoms with E-state index in [0.717, 1.165) is 0 Å².